The monoisotopic (exact) mass is 270 g/mol. The van der Waals surface area contributed by atoms with Gasteiger partial charge in [0.2, 0.25) is 10.1 Å². The highest BCUT2D eigenvalue weighted by molar-refractivity contribution is 7.17. The summed E-state index contributed by atoms with van der Waals surface area (Å²) in [6.07, 6.45) is 0.892. The smallest absolute Gasteiger partial charge is 0.282 e. The maximum Gasteiger partial charge on any atom is 0.282 e. The van der Waals surface area contributed by atoms with Crippen LogP contribution in [0.5, 0.6) is 0 Å². The fourth-order valence-corrected chi connectivity index (χ4v) is 2.74. The summed E-state index contributed by atoms with van der Waals surface area (Å²) in [5, 5.41) is 14.6. The van der Waals surface area contributed by atoms with Crippen LogP contribution in [0.2, 0.25) is 0 Å². The Morgan fingerprint density at radius 2 is 1.83 bits per heavy atom. The van der Waals surface area contributed by atoms with Crippen molar-refractivity contribution in [3.63, 3.8) is 0 Å². The highest BCUT2D eigenvalue weighted by Gasteiger charge is 2.28. The van der Waals surface area contributed by atoms with Gasteiger partial charge in [0, 0.05) is 12.6 Å². The molecule has 1 rings (SSSR count). The maximum atomic E-state index is 12.0. The van der Waals surface area contributed by atoms with E-state index in [1.165, 1.54) is 11.3 Å². The molecule has 0 fully saturated rings. The largest absolute Gasteiger partial charge is 0.363 e. The van der Waals surface area contributed by atoms with Gasteiger partial charge >= 0.3 is 0 Å². The van der Waals surface area contributed by atoms with Crippen molar-refractivity contribution in [2.75, 3.05) is 12.4 Å². The van der Waals surface area contributed by atoms with Crippen LogP contribution in [0.3, 0.4) is 0 Å². The second-order valence-electron chi connectivity index (χ2n) is 6.24. The van der Waals surface area contributed by atoms with Crippen molar-refractivity contribution in [2.45, 2.75) is 46.6 Å². The van der Waals surface area contributed by atoms with Crippen LogP contribution in [0.4, 0.5) is 5.13 Å². The minimum absolute atomic E-state index is 0.161. The summed E-state index contributed by atoms with van der Waals surface area (Å²) >= 11 is 1.25. The van der Waals surface area contributed by atoms with Crippen LogP contribution < -0.4 is 10.6 Å². The van der Waals surface area contributed by atoms with Crippen LogP contribution in [0.25, 0.3) is 0 Å². The van der Waals surface area contributed by atoms with E-state index in [1.807, 2.05) is 13.8 Å². The third kappa shape index (κ3) is 4.60. The lowest BCUT2D eigenvalue weighted by molar-refractivity contribution is 0.0890. The fraction of sp³-hybridized carbons (Fsp3) is 0.750. The number of carbonyl (C=O) groups is 1. The SMILES string of the molecule is CNc1nnc(C(=O)NC(C)(C)CC(C)(C)C)s1. The van der Waals surface area contributed by atoms with Gasteiger partial charge in [-0.3, -0.25) is 4.79 Å². The van der Waals surface area contributed by atoms with E-state index >= 15 is 0 Å². The van der Waals surface area contributed by atoms with E-state index in [2.05, 4.69) is 41.6 Å². The molecule has 1 heterocycles. The van der Waals surface area contributed by atoms with Gasteiger partial charge in [-0.15, -0.1) is 10.2 Å². The van der Waals surface area contributed by atoms with Gasteiger partial charge in [-0.2, -0.15) is 0 Å². The number of aromatic nitrogens is 2. The van der Waals surface area contributed by atoms with E-state index in [-0.39, 0.29) is 16.9 Å². The van der Waals surface area contributed by atoms with Crippen LogP contribution >= 0.6 is 11.3 Å². The number of hydrogen-bond donors (Lipinski definition) is 2. The van der Waals surface area contributed by atoms with E-state index in [0.717, 1.165) is 6.42 Å². The Bertz CT molecular complexity index is 420. The van der Waals surface area contributed by atoms with Crippen molar-refractivity contribution in [3.8, 4) is 0 Å². The number of nitrogens with zero attached hydrogens (tertiary/aromatic N) is 2. The summed E-state index contributed by atoms with van der Waals surface area (Å²) in [4.78, 5) is 12.0. The summed E-state index contributed by atoms with van der Waals surface area (Å²) in [7, 11) is 1.76. The first-order valence-corrected chi connectivity index (χ1v) is 6.78. The molecule has 0 aliphatic heterocycles. The lowest BCUT2D eigenvalue weighted by Crippen LogP contribution is -2.45. The number of amides is 1. The second kappa shape index (κ2) is 5.22. The lowest BCUT2D eigenvalue weighted by atomic mass is 9.82. The Balaban J connectivity index is 2.69. The summed E-state index contributed by atoms with van der Waals surface area (Å²) in [6, 6.07) is 0. The van der Waals surface area contributed by atoms with Crippen LogP contribution in [-0.2, 0) is 0 Å². The van der Waals surface area contributed by atoms with Crippen LogP contribution in [-0.4, -0.2) is 28.7 Å². The summed E-state index contributed by atoms with van der Waals surface area (Å²) in [5.74, 6) is -0.164. The molecule has 102 valence electrons. The van der Waals surface area contributed by atoms with Crippen LogP contribution in [0.15, 0.2) is 0 Å². The topological polar surface area (TPSA) is 66.9 Å². The normalized spacial score (nSPS) is 12.3. The highest BCUT2D eigenvalue weighted by atomic mass is 32.1. The van der Waals surface area contributed by atoms with Gasteiger partial charge in [-0.05, 0) is 25.7 Å². The molecule has 0 aromatic carbocycles. The molecule has 0 atom stereocenters. The molecule has 6 heteroatoms. The van der Waals surface area contributed by atoms with Gasteiger partial charge in [0.1, 0.15) is 0 Å². The number of rotatable bonds is 4. The van der Waals surface area contributed by atoms with Gasteiger partial charge in [-0.25, -0.2) is 0 Å². The summed E-state index contributed by atoms with van der Waals surface area (Å²) < 4.78 is 0. The van der Waals surface area contributed by atoms with Crippen molar-refractivity contribution in [1.82, 2.24) is 15.5 Å². The van der Waals surface area contributed by atoms with Gasteiger partial charge in [0.05, 0.1) is 0 Å². The first kappa shape index (κ1) is 14.9. The van der Waals surface area contributed by atoms with Crippen molar-refractivity contribution >= 4 is 22.4 Å². The highest BCUT2D eigenvalue weighted by Crippen LogP contribution is 2.27. The van der Waals surface area contributed by atoms with Crippen molar-refractivity contribution in [2.24, 2.45) is 5.41 Å². The third-order valence-corrected chi connectivity index (χ3v) is 3.20. The molecule has 0 saturated carbocycles. The first-order valence-electron chi connectivity index (χ1n) is 5.97. The molecule has 0 aliphatic rings. The Morgan fingerprint density at radius 1 is 1.22 bits per heavy atom. The van der Waals surface area contributed by atoms with Crippen LogP contribution in [0, 0.1) is 5.41 Å². The Labute approximate surface area is 112 Å². The van der Waals surface area contributed by atoms with Gasteiger partial charge in [0.25, 0.3) is 5.91 Å². The van der Waals surface area contributed by atoms with E-state index in [4.69, 9.17) is 0 Å². The minimum Gasteiger partial charge on any atom is -0.363 e. The summed E-state index contributed by atoms with van der Waals surface area (Å²) in [5.41, 5.74) is -0.102. The molecule has 0 saturated heterocycles. The number of hydrogen-bond acceptors (Lipinski definition) is 5. The van der Waals surface area contributed by atoms with Gasteiger partial charge < -0.3 is 10.6 Å². The maximum absolute atomic E-state index is 12.0. The molecule has 0 spiro atoms. The van der Waals surface area contributed by atoms with Gasteiger partial charge in [0.15, 0.2) is 0 Å². The molecule has 18 heavy (non-hydrogen) atoms. The molecule has 0 aliphatic carbocycles. The number of nitrogens with one attached hydrogen (secondary N) is 2. The zero-order chi connectivity index (χ0) is 14.0. The zero-order valence-electron chi connectivity index (χ0n) is 11.9. The Morgan fingerprint density at radius 3 is 2.28 bits per heavy atom. The van der Waals surface area contributed by atoms with Crippen molar-refractivity contribution < 1.29 is 4.79 Å². The standard InChI is InChI=1S/C12H22N4OS/c1-11(2,3)7-12(4,5)14-8(17)9-15-16-10(13-6)18-9/h7H2,1-6H3,(H,13,16)(H,14,17). The molecular formula is C12H22N4OS. The Kier molecular flexibility index (Phi) is 4.32. The van der Waals surface area contributed by atoms with Crippen molar-refractivity contribution in [3.05, 3.63) is 5.01 Å². The zero-order valence-corrected chi connectivity index (χ0v) is 12.7. The molecule has 0 bridgehead atoms. The van der Waals surface area contributed by atoms with Crippen molar-refractivity contribution in [1.29, 1.82) is 0 Å². The predicted octanol–water partition coefficient (Wildman–Crippen LogP) is 2.52. The molecule has 2 N–H and O–H groups in total. The van der Waals surface area contributed by atoms with E-state index in [0.29, 0.717) is 10.1 Å². The second-order valence-corrected chi connectivity index (χ2v) is 7.22. The average molecular weight is 270 g/mol. The molecule has 1 amide bonds. The molecule has 1 aromatic heterocycles. The first-order chi connectivity index (χ1) is 8.13. The quantitative estimate of drug-likeness (QED) is 0.882. The number of carbonyl (C=O) groups excluding carboxylic acids is 1. The van der Waals surface area contributed by atoms with E-state index < -0.39 is 0 Å². The molecule has 1 aromatic rings. The predicted molar refractivity (Wildman–Crippen MR) is 75.1 cm³/mol. The molecular weight excluding hydrogens is 248 g/mol. The number of anilines is 1. The average Bonchev–Trinajstić information content (AvgIpc) is 2.60. The van der Waals surface area contributed by atoms with Crippen LogP contribution in [0.1, 0.15) is 50.8 Å². The molecule has 0 radical (unpaired) electrons. The van der Waals surface area contributed by atoms with E-state index in [9.17, 15) is 4.79 Å². The fourth-order valence-electron chi connectivity index (χ4n) is 2.15. The third-order valence-electron chi connectivity index (χ3n) is 2.26. The lowest BCUT2D eigenvalue weighted by Gasteiger charge is -2.32. The Hall–Kier alpha value is -1.17. The molecule has 5 nitrogen and oxygen atoms in total. The molecule has 0 unspecified atom stereocenters. The van der Waals surface area contributed by atoms with Gasteiger partial charge in [-0.1, -0.05) is 32.1 Å². The van der Waals surface area contributed by atoms with E-state index in [1.54, 1.807) is 7.05 Å². The summed E-state index contributed by atoms with van der Waals surface area (Å²) in [6.45, 7) is 10.5. The minimum atomic E-state index is -0.263.